The molecule has 15 heteroatoms. The molecule has 0 aromatic carbocycles. The molecule has 1 aromatic heterocycles. The van der Waals surface area contributed by atoms with E-state index in [0.717, 1.165) is 11.2 Å². The van der Waals surface area contributed by atoms with Crippen molar-refractivity contribution >= 4 is 33.4 Å². The molecule has 1 fully saturated rings. The molecule has 0 unspecified atom stereocenters. The van der Waals surface area contributed by atoms with Crippen LogP contribution in [0.4, 0.5) is 0 Å². The maximum Gasteiger partial charge on any atom is 0.330 e. The topological polar surface area (TPSA) is 197 Å². The van der Waals surface area contributed by atoms with Gasteiger partial charge in [-0.3, -0.25) is 14.4 Å². The molecule has 2 aliphatic heterocycles. The summed E-state index contributed by atoms with van der Waals surface area (Å²) < 4.78 is 38.7. The van der Waals surface area contributed by atoms with Crippen molar-refractivity contribution in [2.24, 2.45) is 5.92 Å². The Morgan fingerprint density at radius 1 is 1.14 bits per heavy atom. The Balaban J connectivity index is 2.03. The molecular formula is C34H50N4O10S. The van der Waals surface area contributed by atoms with Crippen LogP contribution in [0.1, 0.15) is 70.8 Å². The number of allylic oxidation sites excluding steroid dienone is 2. The number of aromatic nitrogens is 1. The van der Waals surface area contributed by atoms with E-state index >= 15 is 0 Å². The molecule has 2 aliphatic rings. The van der Waals surface area contributed by atoms with Crippen molar-refractivity contribution in [3.8, 4) is 0 Å². The van der Waals surface area contributed by atoms with Crippen molar-refractivity contribution in [2.75, 3.05) is 38.5 Å². The molecule has 49 heavy (non-hydrogen) atoms. The zero-order valence-corrected chi connectivity index (χ0v) is 29.9. The number of nitrogens with zero attached hydrogens (tertiary/aromatic N) is 3. The maximum atomic E-state index is 14.0. The van der Waals surface area contributed by atoms with Crippen LogP contribution in [-0.4, -0.2) is 125 Å². The van der Waals surface area contributed by atoms with Crippen LogP contribution in [0.2, 0.25) is 0 Å². The van der Waals surface area contributed by atoms with Gasteiger partial charge in [0.2, 0.25) is 11.8 Å². The van der Waals surface area contributed by atoms with Crippen LogP contribution >= 0.6 is 0 Å². The quantitative estimate of drug-likeness (QED) is 0.345. The standard InChI is InChI=1S/C34H50N4O10S/c1-7-37(8-2)16-17-49(45,46)27-13-15-38-30(27)33(43)48-31(34(5,6)44)23(4)11-12-28(41)35-14-9-10-22(3)18-24(39)19-25(40)20-29-36-26(21-47-29)32(38)42/h9-12,18,21,23-24,27,30-31,39,44H,7-8,13-17,19-20H2,1-6H3,(H,35,41)/b10-9+,12-11+,22-18+/t23-,24-,27-,30-,31+/m1/s1. The number of Topliss-reactive ketones (excluding diaryl/α,β-unsaturated/α-hetero) is 1. The predicted molar refractivity (Wildman–Crippen MR) is 181 cm³/mol. The second-order valence-corrected chi connectivity index (χ2v) is 15.4. The third-order valence-electron chi connectivity index (χ3n) is 8.65. The number of cyclic esters (lactones) is 1. The van der Waals surface area contributed by atoms with Crippen molar-refractivity contribution in [2.45, 2.75) is 89.9 Å². The molecule has 3 N–H and O–H groups in total. The fraction of sp³-hybridized carbons (Fsp3) is 0.618. The van der Waals surface area contributed by atoms with Gasteiger partial charge >= 0.3 is 5.97 Å². The summed E-state index contributed by atoms with van der Waals surface area (Å²) in [7, 11) is -3.95. The number of amides is 2. The molecule has 0 saturated carbocycles. The van der Waals surface area contributed by atoms with Gasteiger partial charge in [0.25, 0.3) is 5.91 Å². The summed E-state index contributed by atoms with van der Waals surface area (Å²) >= 11 is 0. The van der Waals surface area contributed by atoms with E-state index in [1.54, 1.807) is 26.0 Å². The fourth-order valence-electron chi connectivity index (χ4n) is 6.02. The number of esters is 1. The number of ether oxygens (including phenoxy) is 1. The van der Waals surface area contributed by atoms with E-state index < -0.39 is 68.4 Å². The maximum absolute atomic E-state index is 14.0. The van der Waals surface area contributed by atoms with Crippen molar-refractivity contribution in [1.82, 2.24) is 20.1 Å². The minimum atomic E-state index is -3.95. The van der Waals surface area contributed by atoms with E-state index in [-0.39, 0.29) is 56.2 Å². The summed E-state index contributed by atoms with van der Waals surface area (Å²) in [4.78, 5) is 60.2. The Morgan fingerprint density at radius 2 is 1.84 bits per heavy atom. The van der Waals surface area contributed by atoms with Crippen molar-refractivity contribution in [1.29, 1.82) is 0 Å². The van der Waals surface area contributed by atoms with Gasteiger partial charge in [0, 0.05) is 32.0 Å². The molecule has 2 amide bonds. The number of nitrogens with one attached hydrogen (secondary N) is 1. The molecule has 3 heterocycles. The van der Waals surface area contributed by atoms with Gasteiger partial charge in [-0.25, -0.2) is 18.2 Å². The lowest BCUT2D eigenvalue weighted by Crippen LogP contribution is -2.52. The van der Waals surface area contributed by atoms with E-state index in [2.05, 4.69) is 10.3 Å². The summed E-state index contributed by atoms with van der Waals surface area (Å²) in [5.41, 5.74) is -1.20. The van der Waals surface area contributed by atoms with Crippen molar-refractivity contribution in [3.63, 3.8) is 0 Å². The van der Waals surface area contributed by atoms with E-state index in [0.29, 0.717) is 18.7 Å². The first-order chi connectivity index (χ1) is 23.0. The second-order valence-electron chi connectivity index (χ2n) is 13.1. The first-order valence-corrected chi connectivity index (χ1v) is 18.3. The van der Waals surface area contributed by atoms with Gasteiger partial charge < -0.3 is 34.5 Å². The Bertz CT molecular complexity index is 1540. The molecule has 1 saturated heterocycles. The Morgan fingerprint density at radius 3 is 2.49 bits per heavy atom. The highest BCUT2D eigenvalue weighted by Crippen LogP contribution is 2.31. The summed E-state index contributed by atoms with van der Waals surface area (Å²) in [6, 6.07) is -1.57. The van der Waals surface area contributed by atoms with Crippen LogP contribution in [0.3, 0.4) is 0 Å². The van der Waals surface area contributed by atoms with Crippen molar-refractivity contribution in [3.05, 3.63) is 53.8 Å². The van der Waals surface area contributed by atoms with Gasteiger partial charge in [0.15, 0.2) is 15.5 Å². The predicted octanol–water partition coefficient (Wildman–Crippen LogP) is 1.38. The lowest BCUT2D eigenvalue weighted by Gasteiger charge is -2.35. The number of hydrogen-bond donors (Lipinski definition) is 3. The van der Waals surface area contributed by atoms with Crippen LogP contribution in [0.25, 0.3) is 0 Å². The van der Waals surface area contributed by atoms with Crippen LogP contribution < -0.4 is 5.32 Å². The largest absolute Gasteiger partial charge is 0.457 e. The van der Waals surface area contributed by atoms with E-state index in [4.69, 9.17) is 9.15 Å². The normalized spacial score (nSPS) is 28.0. The summed E-state index contributed by atoms with van der Waals surface area (Å²) in [6.07, 6.45) is 5.65. The highest BCUT2D eigenvalue weighted by atomic mass is 32.2. The van der Waals surface area contributed by atoms with Crippen LogP contribution in [0, 0.1) is 5.92 Å². The monoisotopic (exact) mass is 706 g/mol. The molecule has 0 radical (unpaired) electrons. The van der Waals surface area contributed by atoms with E-state index in [1.165, 1.54) is 32.1 Å². The smallest absolute Gasteiger partial charge is 0.330 e. The number of rotatable bonds is 7. The number of carbonyl (C=O) groups is 4. The molecule has 0 aliphatic carbocycles. The second kappa shape index (κ2) is 17.3. The number of hydrogen-bond acceptors (Lipinski definition) is 12. The first kappa shape index (κ1) is 39.8. The Kier molecular flexibility index (Phi) is 14.1. The summed E-state index contributed by atoms with van der Waals surface area (Å²) in [5.74, 6) is -3.73. The number of aliphatic hydroxyl groups excluding tert-OH is 1. The molecular weight excluding hydrogens is 656 g/mol. The molecule has 1 aromatic rings. The lowest BCUT2D eigenvalue weighted by molar-refractivity contribution is -0.170. The van der Waals surface area contributed by atoms with Gasteiger partial charge in [-0.15, -0.1) is 0 Å². The lowest BCUT2D eigenvalue weighted by atomic mass is 9.90. The number of fused-ring (bicyclic) bond motifs is 3. The van der Waals surface area contributed by atoms with Crippen molar-refractivity contribution < 1.29 is 47.0 Å². The van der Waals surface area contributed by atoms with E-state index in [1.807, 2.05) is 18.7 Å². The number of oxazole rings is 1. The molecule has 5 atom stereocenters. The average Bonchev–Trinajstić information content (AvgIpc) is 3.68. The Labute approximate surface area is 288 Å². The van der Waals surface area contributed by atoms with E-state index in [9.17, 15) is 37.8 Å². The SMILES string of the molecule is CCN(CC)CCS(=O)(=O)[C@@H]1CCN2C(=O)c3coc(n3)CC(=O)C[C@H](O)/C=C(C)/C=C/CNC(=O)/C=C/[C@@H](C)[C@@H](C(C)(C)O)OC(=O)[C@@H]12. The molecule has 14 nitrogen and oxygen atoms in total. The number of ketones is 1. The highest BCUT2D eigenvalue weighted by Gasteiger charge is 2.51. The fourth-order valence-corrected chi connectivity index (χ4v) is 7.95. The zero-order chi connectivity index (χ0) is 36.5. The minimum Gasteiger partial charge on any atom is -0.457 e. The van der Waals surface area contributed by atoms with Gasteiger partial charge in [-0.05, 0) is 46.4 Å². The van der Waals surface area contributed by atoms with Gasteiger partial charge in [0.05, 0.1) is 29.1 Å². The van der Waals surface area contributed by atoms with Crippen LogP contribution in [-0.2, 0) is 35.4 Å². The number of aliphatic hydroxyl groups is 2. The zero-order valence-electron chi connectivity index (χ0n) is 29.1. The summed E-state index contributed by atoms with van der Waals surface area (Å²) in [6.45, 7) is 11.6. The van der Waals surface area contributed by atoms with Crippen LogP contribution in [0.5, 0.6) is 0 Å². The third kappa shape index (κ3) is 11.2. The van der Waals surface area contributed by atoms with Gasteiger partial charge in [-0.2, -0.15) is 0 Å². The van der Waals surface area contributed by atoms with Gasteiger partial charge in [-0.1, -0.05) is 50.6 Å². The Hall–Kier alpha value is -3.66. The first-order valence-electron chi connectivity index (χ1n) is 16.6. The molecule has 0 spiro atoms. The van der Waals surface area contributed by atoms with Gasteiger partial charge in [0.1, 0.15) is 24.2 Å². The molecule has 3 rings (SSSR count). The summed E-state index contributed by atoms with van der Waals surface area (Å²) in [5, 5.41) is 22.8. The molecule has 272 valence electrons. The van der Waals surface area contributed by atoms with Crippen LogP contribution in [0.15, 0.2) is 46.6 Å². The highest BCUT2D eigenvalue weighted by molar-refractivity contribution is 7.92. The molecule has 2 bridgehead atoms. The number of sulfone groups is 1. The number of carbonyl (C=O) groups excluding carboxylic acids is 4. The average molecular weight is 707 g/mol. The third-order valence-corrected chi connectivity index (χ3v) is 10.8. The minimum absolute atomic E-state index is 0.0443.